The van der Waals surface area contributed by atoms with Crippen LogP contribution in [0, 0.1) is 6.61 Å². The van der Waals surface area contributed by atoms with Crippen molar-refractivity contribution in [2.24, 2.45) is 0 Å². The zero-order valence-electron chi connectivity index (χ0n) is 10.3. The number of aryl methyl sites for hydroxylation is 1. The van der Waals surface area contributed by atoms with Gasteiger partial charge in [-0.3, -0.25) is 0 Å². The van der Waals surface area contributed by atoms with Gasteiger partial charge in [-0.1, -0.05) is 30.3 Å². The summed E-state index contributed by atoms with van der Waals surface area (Å²) in [7, 11) is 1.68. The molecular formula is C16H15O2. The first kappa shape index (κ1) is 11.1. The number of benzene rings is 2. The predicted molar refractivity (Wildman–Crippen MR) is 71.7 cm³/mol. The first-order chi connectivity index (χ1) is 8.88. The molecule has 91 valence electrons. The molecule has 0 bridgehead atoms. The lowest BCUT2D eigenvalue weighted by molar-refractivity contribution is 0.367. The average Bonchev–Trinajstić information content (AvgIpc) is 2.47. The second-order valence-electron chi connectivity index (χ2n) is 4.35. The van der Waals surface area contributed by atoms with Crippen molar-refractivity contribution in [2.45, 2.75) is 12.8 Å². The maximum absolute atomic E-state index is 5.72. The molecule has 1 heterocycles. The molecule has 1 aliphatic heterocycles. The highest BCUT2D eigenvalue weighted by molar-refractivity contribution is 5.73. The summed E-state index contributed by atoms with van der Waals surface area (Å²) in [4.78, 5) is 0. The number of fused-ring (bicyclic) bond motifs is 1. The van der Waals surface area contributed by atoms with Crippen LogP contribution in [0.3, 0.4) is 0 Å². The quantitative estimate of drug-likeness (QED) is 0.792. The van der Waals surface area contributed by atoms with Crippen LogP contribution in [0.15, 0.2) is 42.5 Å². The largest absolute Gasteiger partial charge is 0.497 e. The number of methoxy groups -OCH3 is 1. The van der Waals surface area contributed by atoms with E-state index in [-0.39, 0.29) is 0 Å². The summed E-state index contributed by atoms with van der Waals surface area (Å²) >= 11 is 0. The van der Waals surface area contributed by atoms with Crippen molar-refractivity contribution < 1.29 is 9.47 Å². The van der Waals surface area contributed by atoms with Gasteiger partial charge in [0.2, 0.25) is 0 Å². The number of rotatable bonds is 2. The summed E-state index contributed by atoms with van der Waals surface area (Å²) in [6.07, 6.45) is 2.03. The lowest BCUT2D eigenvalue weighted by Gasteiger charge is -2.20. The highest BCUT2D eigenvalue weighted by Gasteiger charge is 2.15. The maximum Gasteiger partial charge on any atom is 0.136 e. The highest BCUT2D eigenvalue weighted by atomic mass is 16.5. The molecule has 3 rings (SSSR count). The van der Waals surface area contributed by atoms with Gasteiger partial charge in [-0.05, 0) is 36.1 Å². The molecule has 2 heteroatoms. The van der Waals surface area contributed by atoms with E-state index in [2.05, 4.69) is 24.3 Å². The van der Waals surface area contributed by atoms with Crippen LogP contribution in [-0.2, 0) is 6.42 Å². The van der Waals surface area contributed by atoms with Gasteiger partial charge < -0.3 is 9.47 Å². The second kappa shape index (κ2) is 4.73. The van der Waals surface area contributed by atoms with Crippen LogP contribution in [0.4, 0.5) is 0 Å². The van der Waals surface area contributed by atoms with Crippen molar-refractivity contribution >= 4 is 0 Å². The Kier molecular flexibility index (Phi) is 2.93. The molecule has 1 radical (unpaired) electrons. The SMILES string of the molecule is COc1cccc(-c2cccc3c2O[CH]CC3)c1. The molecular weight excluding hydrogens is 224 g/mol. The van der Waals surface area contributed by atoms with Crippen molar-refractivity contribution in [3.05, 3.63) is 54.6 Å². The fourth-order valence-electron chi connectivity index (χ4n) is 2.30. The van der Waals surface area contributed by atoms with Gasteiger partial charge in [0, 0.05) is 5.56 Å². The molecule has 0 spiro atoms. The molecule has 0 saturated heterocycles. The Morgan fingerprint density at radius 3 is 2.89 bits per heavy atom. The van der Waals surface area contributed by atoms with Crippen molar-refractivity contribution in [3.8, 4) is 22.6 Å². The lowest BCUT2D eigenvalue weighted by Crippen LogP contribution is -2.04. The van der Waals surface area contributed by atoms with E-state index in [1.165, 1.54) is 5.56 Å². The smallest absolute Gasteiger partial charge is 0.136 e. The fraction of sp³-hybridized carbons (Fsp3) is 0.188. The summed E-state index contributed by atoms with van der Waals surface area (Å²) in [5, 5.41) is 0. The van der Waals surface area contributed by atoms with Gasteiger partial charge in [0.05, 0.1) is 7.11 Å². The Morgan fingerprint density at radius 2 is 2.00 bits per heavy atom. The standard InChI is InChI=1S/C16H15O2/c1-17-14-8-2-6-13(11-14)15-9-3-5-12-7-4-10-18-16(12)15/h2-3,5-6,8-11H,4,7H2,1H3. The Morgan fingerprint density at radius 1 is 1.11 bits per heavy atom. The predicted octanol–water partition coefficient (Wildman–Crippen LogP) is 3.85. The third-order valence-electron chi connectivity index (χ3n) is 3.21. The van der Waals surface area contributed by atoms with Crippen LogP contribution < -0.4 is 9.47 Å². The number of hydrogen-bond acceptors (Lipinski definition) is 2. The minimum Gasteiger partial charge on any atom is -0.497 e. The first-order valence-corrected chi connectivity index (χ1v) is 6.13. The number of para-hydroxylation sites is 1. The lowest BCUT2D eigenvalue weighted by atomic mass is 9.97. The van der Waals surface area contributed by atoms with E-state index >= 15 is 0 Å². The van der Waals surface area contributed by atoms with Crippen molar-refractivity contribution in [1.82, 2.24) is 0 Å². The highest BCUT2D eigenvalue weighted by Crippen LogP contribution is 2.37. The molecule has 1 aliphatic rings. The van der Waals surface area contributed by atoms with Crippen LogP contribution in [0.2, 0.25) is 0 Å². The maximum atomic E-state index is 5.72. The molecule has 0 N–H and O–H groups in total. The van der Waals surface area contributed by atoms with Gasteiger partial charge >= 0.3 is 0 Å². The van der Waals surface area contributed by atoms with E-state index in [4.69, 9.17) is 9.47 Å². The van der Waals surface area contributed by atoms with E-state index in [9.17, 15) is 0 Å². The summed E-state index contributed by atoms with van der Waals surface area (Å²) in [6, 6.07) is 14.4. The number of hydrogen-bond donors (Lipinski definition) is 0. The third kappa shape index (κ3) is 1.94. The van der Waals surface area contributed by atoms with Gasteiger partial charge in [-0.2, -0.15) is 0 Å². The van der Waals surface area contributed by atoms with Gasteiger partial charge in [-0.25, -0.2) is 0 Å². The minimum atomic E-state index is 0.866. The van der Waals surface area contributed by atoms with E-state index in [0.29, 0.717) is 0 Å². The average molecular weight is 239 g/mol. The molecule has 0 atom stereocenters. The van der Waals surface area contributed by atoms with Gasteiger partial charge in [0.25, 0.3) is 0 Å². The minimum absolute atomic E-state index is 0.866. The van der Waals surface area contributed by atoms with Crippen molar-refractivity contribution in [3.63, 3.8) is 0 Å². The Hall–Kier alpha value is -1.96. The molecule has 2 nitrogen and oxygen atoms in total. The molecule has 18 heavy (non-hydrogen) atoms. The van der Waals surface area contributed by atoms with Crippen LogP contribution in [-0.4, -0.2) is 7.11 Å². The fourth-order valence-corrected chi connectivity index (χ4v) is 2.30. The Bertz CT molecular complexity index is 561. The molecule has 0 saturated carbocycles. The molecule has 0 aromatic heterocycles. The Labute approximate surface area is 107 Å². The molecule has 0 amide bonds. The van der Waals surface area contributed by atoms with E-state index < -0.39 is 0 Å². The first-order valence-electron chi connectivity index (χ1n) is 6.13. The van der Waals surface area contributed by atoms with E-state index in [1.54, 1.807) is 7.11 Å². The number of ether oxygens (including phenoxy) is 2. The zero-order chi connectivity index (χ0) is 12.4. The van der Waals surface area contributed by atoms with E-state index in [1.807, 2.05) is 24.8 Å². The van der Waals surface area contributed by atoms with E-state index in [0.717, 1.165) is 35.5 Å². The molecule has 2 aromatic rings. The zero-order valence-corrected chi connectivity index (χ0v) is 10.3. The van der Waals surface area contributed by atoms with Crippen LogP contribution in [0.5, 0.6) is 11.5 Å². The van der Waals surface area contributed by atoms with Crippen LogP contribution in [0.1, 0.15) is 12.0 Å². The molecule has 0 aliphatic carbocycles. The normalized spacial score (nSPS) is 13.6. The van der Waals surface area contributed by atoms with Crippen molar-refractivity contribution in [1.29, 1.82) is 0 Å². The summed E-state index contributed by atoms with van der Waals surface area (Å²) < 4.78 is 11.0. The Balaban J connectivity index is 2.10. The summed E-state index contributed by atoms with van der Waals surface area (Å²) in [6.45, 7) is 1.88. The van der Waals surface area contributed by atoms with Crippen molar-refractivity contribution in [2.75, 3.05) is 7.11 Å². The van der Waals surface area contributed by atoms with Crippen LogP contribution >= 0.6 is 0 Å². The van der Waals surface area contributed by atoms with Gasteiger partial charge in [0.15, 0.2) is 0 Å². The monoisotopic (exact) mass is 239 g/mol. The molecule has 0 unspecified atom stereocenters. The van der Waals surface area contributed by atoms with Crippen LogP contribution in [0.25, 0.3) is 11.1 Å². The summed E-state index contributed by atoms with van der Waals surface area (Å²) in [5.74, 6) is 1.85. The van der Waals surface area contributed by atoms with Gasteiger partial charge in [-0.15, -0.1) is 0 Å². The molecule has 0 fully saturated rings. The molecule has 2 aromatic carbocycles. The second-order valence-corrected chi connectivity index (χ2v) is 4.35. The van der Waals surface area contributed by atoms with Gasteiger partial charge in [0.1, 0.15) is 18.1 Å². The third-order valence-corrected chi connectivity index (χ3v) is 3.21. The summed E-state index contributed by atoms with van der Waals surface area (Å²) in [5.41, 5.74) is 3.53. The topological polar surface area (TPSA) is 18.5 Å².